The topological polar surface area (TPSA) is 28.7 Å². The molecule has 0 saturated carbocycles. The van der Waals surface area contributed by atoms with E-state index >= 15 is 0 Å². The molecule has 18 heavy (non-hydrogen) atoms. The maximum absolute atomic E-state index is 4.52. The van der Waals surface area contributed by atoms with Crippen LogP contribution in [0.5, 0.6) is 0 Å². The number of aromatic nitrogens is 2. The molecular formula is C16H14N2. The molecule has 2 heteroatoms. The van der Waals surface area contributed by atoms with Crippen LogP contribution in [0.2, 0.25) is 0 Å². The molecule has 0 saturated heterocycles. The zero-order valence-corrected chi connectivity index (χ0v) is 10.2. The van der Waals surface area contributed by atoms with Gasteiger partial charge in [0, 0.05) is 34.8 Å². The quantitative estimate of drug-likeness (QED) is 0.712. The molecular weight excluding hydrogens is 220 g/mol. The molecule has 0 atom stereocenters. The fourth-order valence-corrected chi connectivity index (χ4v) is 2.02. The van der Waals surface area contributed by atoms with Crippen LogP contribution in [-0.4, -0.2) is 9.97 Å². The summed E-state index contributed by atoms with van der Waals surface area (Å²) in [6.45, 7) is 2.05. The molecule has 3 aromatic rings. The monoisotopic (exact) mass is 234 g/mol. The van der Waals surface area contributed by atoms with Crippen LogP contribution in [0.3, 0.4) is 0 Å². The molecule has 0 bridgehead atoms. The summed E-state index contributed by atoms with van der Waals surface area (Å²) in [6, 6.07) is 16.5. The molecule has 88 valence electrons. The SMILES string of the molecule is Cc1cc(-c2ccc(-c3ccccc3)nc2)c[nH]1. The predicted octanol–water partition coefficient (Wildman–Crippen LogP) is 4.05. The molecule has 2 heterocycles. The molecule has 0 unspecified atom stereocenters. The predicted molar refractivity (Wildman–Crippen MR) is 74.2 cm³/mol. The van der Waals surface area contributed by atoms with Crippen molar-refractivity contribution in [1.29, 1.82) is 0 Å². The highest BCUT2D eigenvalue weighted by atomic mass is 14.7. The number of hydrogen-bond donors (Lipinski definition) is 1. The van der Waals surface area contributed by atoms with Gasteiger partial charge in [0.05, 0.1) is 5.69 Å². The van der Waals surface area contributed by atoms with Crippen molar-refractivity contribution in [2.24, 2.45) is 0 Å². The van der Waals surface area contributed by atoms with Crippen molar-refractivity contribution in [3.8, 4) is 22.4 Å². The highest BCUT2D eigenvalue weighted by molar-refractivity contribution is 5.66. The average molecular weight is 234 g/mol. The third kappa shape index (κ3) is 2.05. The van der Waals surface area contributed by atoms with Crippen molar-refractivity contribution in [3.63, 3.8) is 0 Å². The Morgan fingerprint density at radius 1 is 0.889 bits per heavy atom. The third-order valence-corrected chi connectivity index (χ3v) is 2.99. The van der Waals surface area contributed by atoms with Crippen LogP contribution in [-0.2, 0) is 0 Å². The van der Waals surface area contributed by atoms with Crippen LogP contribution in [0.4, 0.5) is 0 Å². The van der Waals surface area contributed by atoms with E-state index in [9.17, 15) is 0 Å². The number of H-pyrrole nitrogens is 1. The summed E-state index contributed by atoms with van der Waals surface area (Å²) in [4.78, 5) is 7.71. The first kappa shape index (κ1) is 10.8. The Labute approximate surface area is 106 Å². The second kappa shape index (κ2) is 4.49. The van der Waals surface area contributed by atoms with Gasteiger partial charge in [0.15, 0.2) is 0 Å². The smallest absolute Gasteiger partial charge is 0.0702 e. The summed E-state index contributed by atoms with van der Waals surface area (Å²) in [7, 11) is 0. The molecule has 2 aromatic heterocycles. The van der Waals surface area contributed by atoms with Crippen LogP contribution in [0, 0.1) is 6.92 Å². The minimum Gasteiger partial charge on any atom is -0.365 e. The molecule has 0 radical (unpaired) electrons. The first-order chi connectivity index (χ1) is 8.83. The Morgan fingerprint density at radius 3 is 2.33 bits per heavy atom. The van der Waals surface area contributed by atoms with Gasteiger partial charge in [0.25, 0.3) is 0 Å². The molecule has 3 rings (SSSR count). The van der Waals surface area contributed by atoms with E-state index in [-0.39, 0.29) is 0 Å². The van der Waals surface area contributed by atoms with Crippen LogP contribution in [0.1, 0.15) is 5.69 Å². The van der Waals surface area contributed by atoms with Gasteiger partial charge in [-0.25, -0.2) is 0 Å². The van der Waals surface area contributed by atoms with Gasteiger partial charge in [0.2, 0.25) is 0 Å². The Balaban J connectivity index is 1.94. The fourth-order valence-electron chi connectivity index (χ4n) is 2.02. The van der Waals surface area contributed by atoms with Gasteiger partial charge in [-0.1, -0.05) is 36.4 Å². The van der Waals surface area contributed by atoms with E-state index in [1.54, 1.807) is 0 Å². The number of aryl methyl sites for hydroxylation is 1. The van der Waals surface area contributed by atoms with Crippen LogP contribution in [0.25, 0.3) is 22.4 Å². The second-order valence-electron chi connectivity index (χ2n) is 4.37. The molecule has 1 aromatic carbocycles. The highest BCUT2D eigenvalue weighted by Gasteiger charge is 2.02. The van der Waals surface area contributed by atoms with Gasteiger partial charge >= 0.3 is 0 Å². The molecule has 0 amide bonds. The summed E-state index contributed by atoms with van der Waals surface area (Å²) < 4.78 is 0. The minimum atomic E-state index is 1.01. The Kier molecular flexibility index (Phi) is 2.69. The van der Waals surface area contributed by atoms with Gasteiger partial charge in [-0.15, -0.1) is 0 Å². The van der Waals surface area contributed by atoms with E-state index < -0.39 is 0 Å². The second-order valence-corrected chi connectivity index (χ2v) is 4.37. The van der Waals surface area contributed by atoms with Crippen molar-refractivity contribution in [1.82, 2.24) is 9.97 Å². The summed E-state index contributed by atoms with van der Waals surface area (Å²) >= 11 is 0. The Bertz CT molecular complexity index is 636. The van der Waals surface area contributed by atoms with E-state index in [0.717, 1.165) is 22.5 Å². The van der Waals surface area contributed by atoms with Crippen molar-refractivity contribution in [2.45, 2.75) is 6.92 Å². The lowest BCUT2D eigenvalue weighted by atomic mass is 10.1. The van der Waals surface area contributed by atoms with Gasteiger partial charge in [0.1, 0.15) is 0 Å². The van der Waals surface area contributed by atoms with Crippen molar-refractivity contribution in [2.75, 3.05) is 0 Å². The fraction of sp³-hybridized carbons (Fsp3) is 0.0625. The van der Waals surface area contributed by atoms with Crippen molar-refractivity contribution >= 4 is 0 Å². The van der Waals surface area contributed by atoms with Gasteiger partial charge in [-0.2, -0.15) is 0 Å². The van der Waals surface area contributed by atoms with Crippen LogP contribution < -0.4 is 0 Å². The van der Waals surface area contributed by atoms with Crippen molar-refractivity contribution < 1.29 is 0 Å². The maximum Gasteiger partial charge on any atom is 0.0702 e. The first-order valence-corrected chi connectivity index (χ1v) is 6.00. The first-order valence-electron chi connectivity index (χ1n) is 6.00. The lowest BCUT2D eigenvalue weighted by molar-refractivity contribution is 1.27. The molecule has 0 aliphatic rings. The van der Waals surface area contributed by atoms with Gasteiger partial charge < -0.3 is 4.98 Å². The summed E-state index contributed by atoms with van der Waals surface area (Å²) in [6.07, 6.45) is 3.93. The third-order valence-electron chi connectivity index (χ3n) is 2.99. The standard InChI is InChI=1S/C16H14N2/c1-12-9-15(11-17-12)14-7-8-16(18-10-14)13-5-3-2-4-6-13/h2-11,17H,1H3. The largest absolute Gasteiger partial charge is 0.365 e. The molecule has 1 N–H and O–H groups in total. The number of benzene rings is 1. The number of nitrogens with one attached hydrogen (secondary N) is 1. The normalized spacial score (nSPS) is 10.5. The molecule has 0 spiro atoms. The Morgan fingerprint density at radius 2 is 1.72 bits per heavy atom. The molecule has 0 aliphatic heterocycles. The lowest BCUT2D eigenvalue weighted by Gasteiger charge is -2.02. The van der Waals surface area contributed by atoms with E-state index in [1.165, 1.54) is 5.56 Å². The summed E-state index contributed by atoms with van der Waals surface area (Å²) in [5, 5.41) is 0. The molecule has 2 nitrogen and oxygen atoms in total. The minimum absolute atomic E-state index is 1.01. The van der Waals surface area contributed by atoms with Crippen LogP contribution in [0.15, 0.2) is 60.9 Å². The Hall–Kier alpha value is -2.35. The lowest BCUT2D eigenvalue weighted by Crippen LogP contribution is -1.83. The molecule has 0 aliphatic carbocycles. The zero-order chi connectivity index (χ0) is 12.4. The van der Waals surface area contributed by atoms with Crippen molar-refractivity contribution in [3.05, 3.63) is 66.6 Å². The zero-order valence-electron chi connectivity index (χ0n) is 10.2. The van der Waals surface area contributed by atoms with E-state index in [0.29, 0.717) is 0 Å². The van der Waals surface area contributed by atoms with Gasteiger partial charge in [-0.3, -0.25) is 4.98 Å². The number of hydrogen-bond acceptors (Lipinski definition) is 1. The molecule has 0 fully saturated rings. The van der Waals surface area contributed by atoms with E-state index in [4.69, 9.17) is 0 Å². The summed E-state index contributed by atoms with van der Waals surface area (Å²) in [5.41, 5.74) is 5.64. The number of nitrogens with zero attached hydrogens (tertiary/aromatic N) is 1. The number of aromatic amines is 1. The number of rotatable bonds is 2. The highest BCUT2D eigenvalue weighted by Crippen LogP contribution is 2.22. The van der Waals surface area contributed by atoms with E-state index in [1.807, 2.05) is 30.6 Å². The van der Waals surface area contributed by atoms with Crippen LogP contribution >= 0.6 is 0 Å². The van der Waals surface area contributed by atoms with E-state index in [2.05, 4.69) is 47.2 Å². The number of pyridine rings is 1. The maximum atomic E-state index is 4.52. The summed E-state index contributed by atoms with van der Waals surface area (Å²) in [5.74, 6) is 0. The average Bonchev–Trinajstić information content (AvgIpc) is 2.87. The van der Waals surface area contributed by atoms with Gasteiger partial charge in [-0.05, 0) is 19.1 Å².